The molecule has 0 aromatic carbocycles. The highest BCUT2D eigenvalue weighted by molar-refractivity contribution is 6.42. The first-order valence-electron chi connectivity index (χ1n) is 11.5. The van der Waals surface area contributed by atoms with E-state index >= 15 is 0 Å². The Morgan fingerprint density at radius 1 is 1.06 bits per heavy atom. The van der Waals surface area contributed by atoms with Gasteiger partial charge in [-0.05, 0) is 55.7 Å². The smallest absolute Gasteiger partial charge is 0.207 e. The Balaban J connectivity index is 1.53. The summed E-state index contributed by atoms with van der Waals surface area (Å²) in [6.45, 7) is 9.97. The quantitative estimate of drug-likeness (QED) is 0.499. The Kier molecular flexibility index (Phi) is 3.36. The Labute approximate surface area is 182 Å². The van der Waals surface area contributed by atoms with Gasteiger partial charge in [0.15, 0.2) is 5.78 Å². The zero-order valence-corrected chi connectivity index (χ0v) is 18.9. The molecule has 1 aromatic heterocycles. The van der Waals surface area contributed by atoms with Crippen molar-refractivity contribution in [3.05, 3.63) is 36.3 Å². The van der Waals surface area contributed by atoms with Gasteiger partial charge in [-0.3, -0.25) is 14.4 Å². The molecular formula is C26H30O5. The van der Waals surface area contributed by atoms with E-state index in [0.717, 1.165) is 24.8 Å². The molecule has 0 radical (unpaired) electrons. The molecule has 5 heteroatoms. The fraction of sp³-hybridized carbons (Fsp3) is 0.654. The van der Waals surface area contributed by atoms with E-state index in [-0.39, 0.29) is 40.7 Å². The van der Waals surface area contributed by atoms with Crippen LogP contribution in [0.15, 0.2) is 35.2 Å². The number of ketones is 3. The van der Waals surface area contributed by atoms with Crippen LogP contribution >= 0.6 is 0 Å². The van der Waals surface area contributed by atoms with E-state index in [1.54, 1.807) is 12.3 Å². The van der Waals surface area contributed by atoms with Gasteiger partial charge < -0.3 is 9.15 Å². The SMILES string of the molecule is CC1(C)C(=O)C=C[C@@]2(C)C1C(=O)C(=O)[C@]1(C)C2CC[C@@]2(C)[C@H](c3ccoc3)C[C@H]3O[C@]321. The molecule has 1 saturated heterocycles. The summed E-state index contributed by atoms with van der Waals surface area (Å²) in [5.74, 6) is -1.19. The topological polar surface area (TPSA) is 76.9 Å². The molecule has 1 aliphatic heterocycles. The van der Waals surface area contributed by atoms with Gasteiger partial charge in [0.05, 0.1) is 24.0 Å². The van der Waals surface area contributed by atoms with Crippen LogP contribution in [-0.4, -0.2) is 29.1 Å². The molecule has 31 heavy (non-hydrogen) atoms. The minimum Gasteiger partial charge on any atom is -0.472 e. The summed E-state index contributed by atoms with van der Waals surface area (Å²) in [4.78, 5) is 40.4. The molecule has 0 N–H and O–H groups in total. The third-order valence-corrected chi connectivity index (χ3v) is 10.4. The number of carbonyl (C=O) groups is 3. The molecule has 2 heterocycles. The zero-order chi connectivity index (χ0) is 22.2. The van der Waals surface area contributed by atoms with Gasteiger partial charge in [-0.25, -0.2) is 0 Å². The summed E-state index contributed by atoms with van der Waals surface area (Å²) in [7, 11) is 0. The number of furan rings is 1. The number of fused-ring (bicyclic) bond motifs is 3. The summed E-state index contributed by atoms with van der Waals surface area (Å²) in [5.41, 5.74) is -2.04. The van der Waals surface area contributed by atoms with Crippen molar-refractivity contribution < 1.29 is 23.5 Å². The van der Waals surface area contributed by atoms with Crippen molar-refractivity contribution >= 4 is 17.3 Å². The fourth-order valence-corrected chi connectivity index (χ4v) is 9.08. The lowest BCUT2D eigenvalue weighted by Crippen LogP contribution is -2.71. The van der Waals surface area contributed by atoms with E-state index < -0.39 is 27.8 Å². The number of allylic oxidation sites excluding steroid dienone is 2. The summed E-state index contributed by atoms with van der Waals surface area (Å²) >= 11 is 0. The molecule has 1 spiro atoms. The Morgan fingerprint density at radius 2 is 1.81 bits per heavy atom. The number of hydrogen-bond donors (Lipinski definition) is 0. The molecule has 5 aliphatic rings. The standard InChI is InChI=1S/C26H30O5/c1-22(2)17(27)7-9-23(3)16-6-10-24(4)15(14-8-11-30-13-14)12-18-26(24,31-18)25(16,5)21(29)19(28)20(22)23/h7-9,11,13,15-16,18,20H,6,10,12H2,1-5H3/t15-,16?,18+,20?,23+,24-,25-,26+/m0/s1. The van der Waals surface area contributed by atoms with Gasteiger partial charge in [0.1, 0.15) is 5.60 Å². The molecule has 4 aliphatic carbocycles. The molecule has 0 amide bonds. The van der Waals surface area contributed by atoms with Crippen molar-refractivity contribution in [2.75, 3.05) is 0 Å². The Bertz CT molecular complexity index is 1070. The van der Waals surface area contributed by atoms with E-state index in [1.807, 2.05) is 39.2 Å². The van der Waals surface area contributed by atoms with Crippen LogP contribution in [0.1, 0.15) is 65.4 Å². The lowest BCUT2D eigenvalue weighted by Gasteiger charge is -2.64. The van der Waals surface area contributed by atoms with Crippen LogP contribution in [0.25, 0.3) is 0 Å². The maximum absolute atomic E-state index is 14.0. The minimum absolute atomic E-state index is 0.0238. The lowest BCUT2D eigenvalue weighted by atomic mass is 9.37. The van der Waals surface area contributed by atoms with Crippen LogP contribution in [0.2, 0.25) is 0 Å². The van der Waals surface area contributed by atoms with Crippen molar-refractivity contribution in [1.82, 2.24) is 0 Å². The molecule has 8 atom stereocenters. The Morgan fingerprint density at radius 3 is 2.48 bits per heavy atom. The second-order valence-electron chi connectivity index (χ2n) is 11.8. The third-order valence-electron chi connectivity index (χ3n) is 10.4. The summed E-state index contributed by atoms with van der Waals surface area (Å²) < 4.78 is 11.9. The maximum atomic E-state index is 14.0. The normalized spacial score (nSPS) is 51.7. The van der Waals surface area contributed by atoms with Gasteiger partial charge in [-0.1, -0.05) is 33.8 Å². The maximum Gasteiger partial charge on any atom is 0.207 e. The first-order chi connectivity index (χ1) is 14.5. The first kappa shape index (κ1) is 19.7. The highest BCUT2D eigenvalue weighted by Gasteiger charge is 2.88. The van der Waals surface area contributed by atoms with Crippen LogP contribution in [0, 0.1) is 33.5 Å². The number of rotatable bonds is 1. The number of Topliss-reactive ketones (excluding diaryl/α,β-unsaturated/α-hetero) is 2. The predicted molar refractivity (Wildman–Crippen MR) is 112 cm³/mol. The van der Waals surface area contributed by atoms with Gasteiger partial charge in [-0.2, -0.15) is 0 Å². The van der Waals surface area contributed by atoms with E-state index in [4.69, 9.17) is 9.15 Å². The van der Waals surface area contributed by atoms with Gasteiger partial charge in [0.2, 0.25) is 11.6 Å². The number of carbonyl (C=O) groups excluding carboxylic acids is 3. The van der Waals surface area contributed by atoms with E-state index in [0.29, 0.717) is 0 Å². The Hall–Kier alpha value is -2.01. The second-order valence-corrected chi connectivity index (χ2v) is 11.8. The van der Waals surface area contributed by atoms with Gasteiger partial charge >= 0.3 is 0 Å². The number of ether oxygens (including phenoxy) is 1. The van der Waals surface area contributed by atoms with Crippen molar-refractivity contribution in [2.24, 2.45) is 33.5 Å². The van der Waals surface area contributed by atoms with Crippen LogP contribution in [0.5, 0.6) is 0 Å². The van der Waals surface area contributed by atoms with Crippen molar-refractivity contribution in [1.29, 1.82) is 0 Å². The summed E-state index contributed by atoms with van der Waals surface area (Å²) in [5, 5.41) is 0. The summed E-state index contributed by atoms with van der Waals surface area (Å²) in [6.07, 6.45) is 9.69. The van der Waals surface area contributed by atoms with Crippen LogP contribution in [-0.2, 0) is 19.1 Å². The molecule has 0 bridgehead atoms. The molecule has 164 valence electrons. The highest BCUT2D eigenvalue weighted by Crippen LogP contribution is 2.81. The van der Waals surface area contributed by atoms with Crippen molar-refractivity contribution in [2.45, 2.75) is 71.5 Å². The number of epoxide rings is 1. The predicted octanol–water partition coefficient (Wildman–Crippen LogP) is 4.27. The zero-order valence-electron chi connectivity index (χ0n) is 18.9. The van der Waals surface area contributed by atoms with Crippen molar-refractivity contribution in [3.8, 4) is 0 Å². The molecule has 4 fully saturated rings. The lowest BCUT2D eigenvalue weighted by molar-refractivity contribution is -0.188. The minimum atomic E-state index is -0.897. The monoisotopic (exact) mass is 422 g/mol. The molecule has 5 nitrogen and oxygen atoms in total. The van der Waals surface area contributed by atoms with Gasteiger partial charge in [0.25, 0.3) is 0 Å². The fourth-order valence-electron chi connectivity index (χ4n) is 9.08. The van der Waals surface area contributed by atoms with E-state index in [2.05, 4.69) is 13.8 Å². The second kappa shape index (κ2) is 5.31. The van der Waals surface area contributed by atoms with Crippen LogP contribution < -0.4 is 0 Å². The molecule has 6 rings (SSSR count). The molecule has 2 unspecified atom stereocenters. The molecule has 3 saturated carbocycles. The molecule has 1 aromatic rings. The van der Waals surface area contributed by atoms with E-state index in [9.17, 15) is 14.4 Å². The third kappa shape index (κ3) is 1.82. The van der Waals surface area contributed by atoms with Crippen LogP contribution in [0.4, 0.5) is 0 Å². The molecular weight excluding hydrogens is 392 g/mol. The average Bonchev–Trinajstić information content (AvgIpc) is 3.07. The highest BCUT2D eigenvalue weighted by atomic mass is 16.6. The average molecular weight is 423 g/mol. The first-order valence-corrected chi connectivity index (χ1v) is 11.5. The van der Waals surface area contributed by atoms with E-state index in [1.165, 1.54) is 0 Å². The van der Waals surface area contributed by atoms with Gasteiger partial charge in [-0.15, -0.1) is 0 Å². The number of hydrogen-bond acceptors (Lipinski definition) is 5. The van der Waals surface area contributed by atoms with Crippen LogP contribution in [0.3, 0.4) is 0 Å². The summed E-state index contributed by atoms with van der Waals surface area (Å²) in [6, 6.07) is 2.02. The van der Waals surface area contributed by atoms with Gasteiger partial charge in [0, 0.05) is 22.2 Å². The van der Waals surface area contributed by atoms with Crippen molar-refractivity contribution in [3.63, 3.8) is 0 Å². The largest absolute Gasteiger partial charge is 0.472 e.